The largest absolute Gasteiger partial charge is 0.477 e. The number of carboxylic acid groups (broad SMARTS) is 1. The maximum absolute atomic E-state index is 12.2. The second-order valence-corrected chi connectivity index (χ2v) is 5.37. The van der Waals surface area contributed by atoms with Gasteiger partial charge in [0.1, 0.15) is 0 Å². The van der Waals surface area contributed by atoms with Crippen LogP contribution in [-0.2, 0) is 19.0 Å². The molecule has 8 heteroatoms. The van der Waals surface area contributed by atoms with Crippen LogP contribution < -0.4 is 5.32 Å². The molecule has 1 rings (SSSR count). The number of carboxylic acids is 1. The number of carbonyl (C=O) groups excluding carboxylic acids is 1. The third-order valence-corrected chi connectivity index (χ3v) is 3.51. The molecule has 0 radical (unpaired) electrons. The minimum atomic E-state index is -1.88. The van der Waals surface area contributed by atoms with Crippen molar-refractivity contribution in [3.05, 3.63) is 35.4 Å². The third-order valence-electron chi connectivity index (χ3n) is 3.51. The number of hydrogen-bond donors (Lipinski definition) is 2. The fourth-order valence-corrected chi connectivity index (χ4v) is 2.18. The highest BCUT2D eigenvalue weighted by Gasteiger charge is 2.42. The number of aliphatic carboxylic acids is 1. The predicted molar refractivity (Wildman–Crippen MR) is 87.9 cm³/mol. The first kappa shape index (κ1) is 20.6. The van der Waals surface area contributed by atoms with Crippen LogP contribution in [0.1, 0.15) is 29.3 Å². The van der Waals surface area contributed by atoms with Crippen LogP contribution in [0.15, 0.2) is 24.3 Å². The lowest BCUT2D eigenvalue weighted by molar-refractivity contribution is -0.241. The van der Waals surface area contributed by atoms with E-state index in [1.807, 2.05) is 6.07 Å². The Morgan fingerprint density at radius 2 is 1.92 bits per heavy atom. The molecule has 2 N–H and O–H groups in total. The van der Waals surface area contributed by atoms with Crippen LogP contribution >= 0.6 is 0 Å². The summed E-state index contributed by atoms with van der Waals surface area (Å²) in [6, 6.07) is 7.54. The van der Waals surface area contributed by atoms with Crippen molar-refractivity contribution in [1.29, 1.82) is 5.26 Å². The van der Waals surface area contributed by atoms with Crippen LogP contribution in [0, 0.1) is 11.3 Å². The summed E-state index contributed by atoms with van der Waals surface area (Å²) >= 11 is 0. The molecule has 1 aromatic rings. The quantitative estimate of drug-likeness (QED) is 0.480. The number of amides is 1. The van der Waals surface area contributed by atoms with Crippen LogP contribution in [0.5, 0.6) is 0 Å². The highest BCUT2D eigenvalue weighted by Crippen LogP contribution is 2.20. The van der Waals surface area contributed by atoms with Gasteiger partial charge in [0, 0.05) is 32.2 Å². The second-order valence-electron chi connectivity index (χ2n) is 5.37. The molecule has 0 aliphatic carbocycles. The van der Waals surface area contributed by atoms with E-state index in [0.29, 0.717) is 11.1 Å². The number of hydrogen-bond acceptors (Lipinski definition) is 6. The first-order chi connectivity index (χ1) is 11.9. The van der Waals surface area contributed by atoms with E-state index in [1.165, 1.54) is 38.5 Å². The molecule has 1 amide bonds. The van der Waals surface area contributed by atoms with Gasteiger partial charge in [-0.25, -0.2) is 4.79 Å². The topological polar surface area (TPSA) is 118 Å². The molecule has 0 spiro atoms. The van der Waals surface area contributed by atoms with E-state index in [-0.39, 0.29) is 25.5 Å². The predicted octanol–water partition coefficient (Wildman–Crippen LogP) is 1.16. The maximum Gasteiger partial charge on any atom is 0.364 e. The summed E-state index contributed by atoms with van der Waals surface area (Å²) in [5, 5.41) is 20.9. The van der Waals surface area contributed by atoms with Crippen molar-refractivity contribution in [2.24, 2.45) is 0 Å². The molecule has 0 bridgehead atoms. The van der Waals surface area contributed by atoms with Gasteiger partial charge in [0.2, 0.25) is 0 Å². The van der Waals surface area contributed by atoms with Crippen LogP contribution in [0.25, 0.3) is 0 Å². The van der Waals surface area contributed by atoms with Crippen molar-refractivity contribution in [3.8, 4) is 6.07 Å². The van der Waals surface area contributed by atoms with E-state index in [2.05, 4.69) is 5.32 Å². The van der Waals surface area contributed by atoms with Crippen LogP contribution in [0.3, 0.4) is 0 Å². The smallest absolute Gasteiger partial charge is 0.364 e. The van der Waals surface area contributed by atoms with E-state index in [0.717, 1.165) is 0 Å². The van der Waals surface area contributed by atoms with Crippen molar-refractivity contribution < 1.29 is 28.9 Å². The summed E-state index contributed by atoms with van der Waals surface area (Å²) in [4.78, 5) is 23.8. The van der Waals surface area contributed by atoms with Crippen molar-refractivity contribution in [3.63, 3.8) is 0 Å². The molecule has 2 atom stereocenters. The number of benzene rings is 1. The van der Waals surface area contributed by atoms with E-state index < -0.39 is 17.8 Å². The SMILES string of the molecule is COCCOC(C[C@H](C)NC(=O)c1ccc(C#N)cc1)(OC)C(=O)O. The van der Waals surface area contributed by atoms with Gasteiger partial charge in [-0.2, -0.15) is 5.26 Å². The summed E-state index contributed by atoms with van der Waals surface area (Å²) in [6.07, 6.45) is -0.0927. The molecule has 0 aliphatic rings. The highest BCUT2D eigenvalue weighted by atomic mass is 16.7. The molecule has 0 fully saturated rings. The van der Waals surface area contributed by atoms with E-state index in [4.69, 9.17) is 19.5 Å². The van der Waals surface area contributed by atoms with Gasteiger partial charge >= 0.3 is 5.97 Å². The Morgan fingerprint density at radius 3 is 2.40 bits per heavy atom. The molecular weight excluding hydrogens is 328 g/mol. The molecule has 0 saturated carbocycles. The number of nitrogens with one attached hydrogen (secondary N) is 1. The van der Waals surface area contributed by atoms with E-state index >= 15 is 0 Å². The Kier molecular flexibility index (Phi) is 8.01. The molecule has 1 aromatic carbocycles. The fraction of sp³-hybridized carbons (Fsp3) is 0.471. The molecule has 8 nitrogen and oxygen atoms in total. The lowest BCUT2D eigenvalue weighted by Gasteiger charge is -2.30. The zero-order chi connectivity index (χ0) is 18.9. The van der Waals surface area contributed by atoms with E-state index in [1.54, 1.807) is 6.92 Å². The van der Waals surface area contributed by atoms with Gasteiger partial charge in [-0.3, -0.25) is 4.79 Å². The molecule has 0 saturated heterocycles. The monoisotopic (exact) mass is 350 g/mol. The number of nitrogens with zero attached hydrogens (tertiary/aromatic N) is 1. The minimum Gasteiger partial charge on any atom is -0.477 e. The first-order valence-corrected chi connectivity index (χ1v) is 7.61. The van der Waals surface area contributed by atoms with Gasteiger partial charge in [-0.05, 0) is 31.2 Å². The van der Waals surface area contributed by atoms with Gasteiger partial charge in [-0.15, -0.1) is 0 Å². The van der Waals surface area contributed by atoms with Crippen molar-refractivity contribution >= 4 is 11.9 Å². The number of nitriles is 1. The Bertz CT molecular complexity index is 625. The molecule has 0 heterocycles. The zero-order valence-corrected chi connectivity index (χ0v) is 14.4. The van der Waals surface area contributed by atoms with Crippen molar-refractivity contribution in [2.75, 3.05) is 27.4 Å². The van der Waals surface area contributed by atoms with Gasteiger partial charge in [0.15, 0.2) is 0 Å². The lowest BCUT2D eigenvalue weighted by atomic mass is 10.1. The standard InChI is InChI=1S/C17H22N2O6/c1-12(10-17(24-3,16(21)22)25-9-8-23-2)19-15(20)14-6-4-13(11-18)5-7-14/h4-7,12H,8-10H2,1-3H3,(H,19,20)(H,21,22)/t12-,17?/m0/s1. The summed E-state index contributed by atoms with van der Waals surface area (Å²) in [7, 11) is 2.70. The summed E-state index contributed by atoms with van der Waals surface area (Å²) in [5.41, 5.74) is 0.810. The van der Waals surface area contributed by atoms with Crippen LogP contribution in [0.2, 0.25) is 0 Å². The summed E-state index contributed by atoms with van der Waals surface area (Å²) in [6.45, 7) is 1.90. The van der Waals surface area contributed by atoms with Gasteiger partial charge in [0.25, 0.3) is 11.7 Å². The lowest BCUT2D eigenvalue weighted by Crippen LogP contribution is -2.49. The molecular formula is C17H22N2O6. The highest BCUT2D eigenvalue weighted by molar-refractivity contribution is 5.94. The second kappa shape index (κ2) is 9.74. The molecule has 1 unspecified atom stereocenters. The van der Waals surface area contributed by atoms with Crippen LogP contribution in [-0.4, -0.2) is 56.2 Å². The van der Waals surface area contributed by atoms with Crippen molar-refractivity contribution in [2.45, 2.75) is 25.2 Å². The summed E-state index contributed by atoms with van der Waals surface area (Å²) in [5.74, 6) is -3.55. The van der Waals surface area contributed by atoms with Gasteiger partial charge in [-0.1, -0.05) is 0 Å². The Balaban J connectivity index is 2.75. The van der Waals surface area contributed by atoms with Gasteiger partial charge in [0.05, 0.1) is 24.8 Å². The Hall–Kier alpha value is -2.47. The molecule has 0 aliphatic heterocycles. The van der Waals surface area contributed by atoms with Crippen molar-refractivity contribution in [1.82, 2.24) is 5.32 Å². The molecule has 0 aromatic heterocycles. The average molecular weight is 350 g/mol. The van der Waals surface area contributed by atoms with Crippen LogP contribution in [0.4, 0.5) is 0 Å². The molecule has 136 valence electrons. The Morgan fingerprint density at radius 1 is 1.28 bits per heavy atom. The number of methoxy groups -OCH3 is 2. The number of ether oxygens (including phenoxy) is 3. The Labute approximate surface area is 146 Å². The maximum atomic E-state index is 12.2. The number of rotatable bonds is 10. The van der Waals surface area contributed by atoms with Gasteiger partial charge < -0.3 is 24.6 Å². The zero-order valence-electron chi connectivity index (χ0n) is 14.4. The third kappa shape index (κ3) is 5.83. The van der Waals surface area contributed by atoms with E-state index in [9.17, 15) is 14.7 Å². The fourth-order valence-electron chi connectivity index (χ4n) is 2.18. The minimum absolute atomic E-state index is 0.0347. The molecule has 25 heavy (non-hydrogen) atoms. The first-order valence-electron chi connectivity index (χ1n) is 7.61. The average Bonchev–Trinajstić information content (AvgIpc) is 2.60. The summed E-state index contributed by atoms with van der Waals surface area (Å²) < 4.78 is 15.2. The number of carbonyl (C=O) groups is 2. The normalized spacial score (nSPS) is 14.2.